The summed E-state index contributed by atoms with van der Waals surface area (Å²) in [5.74, 6) is -3.49. The molecule has 1 aliphatic carbocycles. The van der Waals surface area contributed by atoms with Gasteiger partial charge in [-0.15, -0.1) is 0 Å². The average molecular weight is 511 g/mol. The second-order valence-corrected chi connectivity index (χ2v) is 9.88. The highest BCUT2D eigenvalue weighted by Gasteiger charge is 2.72. The summed E-state index contributed by atoms with van der Waals surface area (Å²) in [4.78, 5) is 40.6. The summed E-state index contributed by atoms with van der Waals surface area (Å²) in [5, 5.41) is 2.05. The normalized spacial score (nSPS) is 22.1. The first-order valence-electron chi connectivity index (χ1n) is 10.3. The van der Waals surface area contributed by atoms with E-state index in [9.17, 15) is 27.6 Å². The number of carbonyl (C=O) groups is 3. The highest BCUT2D eigenvalue weighted by atomic mass is 35.5. The van der Waals surface area contributed by atoms with Gasteiger partial charge in [0.05, 0.1) is 21.3 Å². The number of alkyl halides is 3. The summed E-state index contributed by atoms with van der Waals surface area (Å²) in [6, 6.07) is 11.1. The van der Waals surface area contributed by atoms with Crippen LogP contribution in [0.4, 0.5) is 18.9 Å². The van der Waals surface area contributed by atoms with Crippen molar-refractivity contribution in [1.82, 2.24) is 5.32 Å². The number of hydrogen-bond donors (Lipinski definition) is 1. The fraction of sp³-hybridized carbons (Fsp3) is 0.292. The Morgan fingerprint density at radius 2 is 1.65 bits per heavy atom. The number of anilines is 1. The molecular weight excluding hydrogens is 492 g/mol. The third-order valence-electron chi connectivity index (χ3n) is 5.94. The highest BCUT2D eigenvalue weighted by molar-refractivity contribution is 6.42. The van der Waals surface area contributed by atoms with Gasteiger partial charge >= 0.3 is 6.18 Å². The van der Waals surface area contributed by atoms with Crippen LogP contribution in [0.2, 0.25) is 10.0 Å². The van der Waals surface area contributed by atoms with Crippen LogP contribution in [0.3, 0.4) is 0 Å². The van der Waals surface area contributed by atoms with Crippen molar-refractivity contribution < 1.29 is 27.6 Å². The van der Waals surface area contributed by atoms with Crippen molar-refractivity contribution in [3.63, 3.8) is 0 Å². The second kappa shape index (κ2) is 8.13. The van der Waals surface area contributed by atoms with E-state index in [1.807, 2.05) is 5.32 Å². The number of nitrogens with one attached hydrogen (secondary N) is 1. The van der Waals surface area contributed by atoms with Crippen molar-refractivity contribution in [2.75, 3.05) is 4.90 Å². The lowest BCUT2D eigenvalue weighted by atomic mass is 9.72. The van der Waals surface area contributed by atoms with E-state index >= 15 is 0 Å². The number of halogens is 5. The molecule has 1 heterocycles. The number of amides is 2. The van der Waals surface area contributed by atoms with Crippen LogP contribution in [-0.4, -0.2) is 29.3 Å². The van der Waals surface area contributed by atoms with Gasteiger partial charge in [0.2, 0.25) is 5.54 Å². The van der Waals surface area contributed by atoms with Crippen molar-refractivity contribution in [1.29, 1.82) is 0 Å². The molecule has 1 aliphatic heterocycles. The van der Waals surface area contributed by atoms with Gasteiger partial charge in [0.15, 0.2) is 5.78 Å². The molecule has 0 spiro atoms. The van der Waals surface area contributed by atoms with Gasteiger partial charge in [-0.3, -0.25) is 19.3 Å². The van der Waals surface area contributed by atoms with Gasteiger partial charge in [0.1, 0.15) is 0 Å². The van der Waals surface area contributed by atoms with Crippen LogP contribution in [0.25, 0.3) is 0 Å². The van der Waals surface area contributed by atoms with Crippen LogP contribution < -0.4 is 10.2 Å². The molecule has 2 aromatic rings. The van der Waals surface area contributed by atoms with Crippen LogP contribution in [0, 0.1) is 5.41 Å². The SMILES string of the molecule is CC1(C)CC(=O)C2=C(C1)N(c1ccc(Cl)c(Cl)c1)C(=O)[C@]2(NC(=O)c1ccccc1)C(F)(F)F. The van der Waals surface area contributed by atoms with Crippen LogP contribution >= 0.6 is 23.2 Å². The van der Waals surface area contributed by atoms with Gasteiger partial charge in [0, 0.05) is 17.7 Å². The second-order valence-electron chi connectivity index (χ2n) is 9.07. The van der Waals surface area contributed by atoms with Gasteiger partial charge < -0.3 is 5.32 Å². The minimum absolute atomic E-state index is 0.000897. The summed E-state index contributed by atoms with van der Waals surface area (Å²) in [7, 11) is 0. The van der Waals surface area contributed by atoms with Crippen molar-refractivity contribution >= 4 is 46.5 Å². The van der Waals surface area contributed by atoms with E-state index in [1.165, 1.54) is 42.5 Å². The summed E-state index contributed by atoms with van der Waals surface area (Å²) in [6.45, 7) is 3.45. The van der Waals surface area contributed by atoms with E-state index in [2.05, 4.69) is 0 Å². The van der Waals surface area contributed by atoms with Gasteiger partial charge in [-0.2, -0.15) is 13.2 Å². The Morgan fingerprint density at radius 1 is 1.00 bits per heavy atom. The number of allylic oxidation sites excluding steroid dienone is 1. The average Bonchev–Trinajstić information content (AvgIpc) is 2.98. The minimum atomic E-state index is -5.31. The largest absolute Gasteiger partial charge is 0.425 e. The molecule has 2 amide bonds. The zero-order valence-electron chi connectivity index (χ0n) is 18.1. The molecule has 0 saturated carbocycles. The molecule has 178 valence electrons. The number of carbonyl (C=O) groups excluding carboxylic acids is 3. The minimum Gasteiger partial charge on any atom is -0.326 e. The van der Waals surface area contributed by atoms with Crippen molar-refractivity contribution in [2.45, 2.75) is 38.4 Å². The summed E-state index contributed by atoms with van der Waals surface area (Å²) >= 11 is 12.0. The maximum atomic E-state index is 14.8. The number of Topliss-reactive ketones (excluding diaryl/α,β-unsaturated/α-hetero) is 1. The number of nitrogens with zero attached hydrogens (tertiary/aromatic N) is 1. The predicted octanol–water partition coefficient (Wildman–Crippen LogP) is 5.71. The molecule has 0 aromatic heterocycles. The quantitative estimate of drug-likeness (QED) is 0.574. The first-order chi connectivity index (χ1) is 15.8. The smallest absolute Gasteiger partial charge is 0.326 e. The number of benzene rings is 2. The molecule has 1 N–H and O–H groups in total. The molecule has 1 atom stereocenters. The van der Waals surface area contributed by atoms with Gasteiger partial charge in [-0.1, -0.05) is 55.2 Å². The number of ketones is 1. The Balaban J connectivity index is 1.96. The Labute approximate surface area is 203 Å². The Hall–Kier alpha value is -2.84. The maximum Gasteiger partial charge on any atom is 0.425 e. The fourth-order valence-electron chi connectivity index (χ4n) is 4.48. The van der Waals surface area contributed by atoms with E-state index in [4.69, 9.17) is 23.2 Å². The van der Waals surface area contributed by atoms with E-state index in [-0.39, 0.29) is 39.8 Å². The topological polar surface area (TPSA) is 66.5 Å². The van der Waals surface area contributed by atoms with Crippen molar-refractivity contribution in [2.24, 2.45) is 5.41 Å². The third kappa shape index (κ3) is 3.79. The molecule has 10 heteroatoms. The van der Waals surface area contributed by atoms with Gasteiger partial charge in [-0.05, 0) is 42.2 Å². The number of rotatable bonds is 3. The van der Waals surface area contributed by atoms with Gasteiger partial charge in [-0.25, -0.2) is 0 Å². The third-order valence-corrected chi connectivity index (χ3v) is 6.68. The Morgan fingerprint density at radius 3 is 2.24 bits per heavy atom. The van der Waals surface area contributed by atoms with Crippen molar-refractivity contribution in [3.05, 3.63) is 75.4 Å². The lowest BCUT2D eigenvalue weighted by Gasteiger charge is -2.35. The first kappa shape index (κ1) is 24.3. The highest BCUT2D eigenvalue weighted by Crippen LogP contribution is 2.53. The summed E-state index contributed by atoms with van der Waals surface area (Å²) < 4.78 is 44.4. The standard InChI is InChI=1S/C24H19Cl2F3N2O3/c1-22(2)11-17-19(18(32)12-22)23(24(27,28)29,30-20(33)13-6-4-3-5-7-13)21(34)31(17)14-8-9-15(25)16(26)10-14/h3-10H,11-12H2,1-2H3,(H,30,33)/t23-/m0/s1. The van der Waals surface area contributed by atoms with E-state index < -0.39 is 40.3 Å². The zero-order chi connectivity index (χ0) is 25.1. The summed E-state index contributed by atoms with van der Waals surface area (Å²) in [5.41, 5.74) is -5.21. The molecule has 5 nitrogen and oxygen atoms in total. The Kier molecular flexibility index (Phi) is 5.81. The van der Waals surface area contributed by atoms with E-state index in [1.54, 1.807) is 19.9 Å². The molecule has 0 fully saturated rings. The zero-order valence-corrected chi connectivity index (χ0v) is 19.6. The number of hydrogen-bond acceptors (Lipinski definition) is 3. The molecule has 0 unspecified atom stereocenters. The lowest BCUT2D eigenvalue weighted by molar-refractivity contribution is -0.186. The molecule has 34 heavy (non-hydrogen) atoms. The molecule has 0 radical (unpaired) electrons. The molecule has 0 saturated heterocycles. The van der Waals surface area contributed by atoms with Crippen LogP contribution in [0.5, 0.6) is 0 Å². The Bertz CT molecular complexity index is 1240. The van der Waals surface area contributed by atoms with Crippen LogP contribution in [-0.2, 0) is 9.59 Å². The summed E-state index contributed by atoms with van der Waals surface area (Å²) in [6.07, 6.45) is -5.52. The molecular formula is C24H19Cl2F3N2O3. The monoisotopic (exact) mass is 510 g/mol. The molecule has 4 rings (SSSR count). The maximum absolute atomic E-state index is 14.8. The van der Waals surface area contributed by atoms with Crippen LogP contribution in [0.15, 0.2) is 59.8 Å². The first-order valence-corrected chi connectivity index (χ1v) is 11.0. The van der Waals surface area contributed by atoms with Gasteiger partial charge in [0.25, 0.3) is 11.8 Å². The van der Waals surface area contributed by atoms with Crippen LogP contribution in [0.1, 0.15) is 37.0 Å². The lowest BCUT2D eigenvalue weighted by Crippen LogP contribution is -2.66. The molecule has 2 aromatic carbocycles. The predicted molar refractivity (Wildman–Crippen MR) is 122 cm³/mol. The molecule has 0 bridgehead atoms. The fourth-order valence-corrected chi connectivity index (χ4v) is 4.77. The molecule has 2 aliphatic rings. The van der Waals surface area contributed by atoms with Crippen molar-refractivity contribution in [3.8, 4) is 0 Å². The van der Waals surface area contributed by atoms with E-state index in [0.29, 0.717) is 0 Å². The van der Waals surface area contributed by atoms with E-state index in [0.717, 1.165) is 4.90 Å².